The molecule has 2 aromatic carbocycles. The van der Waals surface area contributed by atoms with Crippen LogP contribution in [0.2, 0.25) is 0 Å². The minimum absolute atomic E-state index is 0.146. The second-order valence-electron chi connectivity index (χ2n) is 4.67. The van der Waals surface area contributed by atoms with E-state index in [1.165, 1.54) is 0 Å². The Morgan fingerprint density at radius 2 is 1.90 bits per heavy atom. The molecule has 3 nitrogen and oxygen atoms in total. The van der Waals surface area contributed by atoms with Crippen LogP contribution in [-0.2, 0) is 0 Å². The van der Waals surface area contributed by atoms with Crippen LogP contribution in [0.15, 0.2) is 54.6 Å². The molecule has 2 rings (SSSR count). The Labute approximate surface area is 120 Å². The van der Waals surface area contributed by atoms with Crippen molar-refractivity contribution in [2.24, 2.45) is 0 Å². The van der Waals surface area contributed by atoms with Crippen molar-refractivity contribution in [3.8, 4) is 11.8 Å². The van der Waals surface area contributed by atoms with Gasteiger partial charge in [0.05, 0.1) is 19.1 Å². The van der Waals surface area contributed by atoms with Crippen molar-refractivity contribution in [3.05, 3.63) is 60.2 Å². The summed E-state index contributed by atoms with van der Waals surface area (Å²) in [4.78, 5) is 2.07. The van der Waals surface area contributed by atoms with Crippen LogP contribution in [0.5, 0.6) is 5.75 Å². The maximum absolute atomic E-state index is 9.37. The monoisotopic (exact) mass is 266 g/mol. The van der Waals surface area contributed by atoms with Crippen LogP contribution in [0.4, 0.5) is 5.69 Å². The van der Waals surface area contributed by atoms with E-state index in [4.69, 9.17) is 4.74 Å². The van der Waals surface area contributed by atoms with Gasteiger partial charge in [0.25, 0.3) is 0 Å². The highest BCUT2D eigenvalue weighted by Gasteiger charge is 2.13. The Bertz CT molecular complexity index is 589. The number of anilines is 1. The molecule has 0 heterocycles. The van der Waals surface area contributed by atoms with Gasteiger partial charge in [-0.25, -0.2) is 0 Å². The van der Waals surface area contributed by atoms with Crippen LogP contribution in [0.3, 0.4) is 0 Å². The van der Waals surface area contributed by atoms with Crippen LogP contribution in [0.25, 0.3) is 0 Å². The molecule has 2 aromatic rings. The SMILES string of the molecule is COc1cccc(N(C)CC(C#N)c2ccccc2)c1. The fourth-order valence-corrected chi connectivity index (χ4v) is 2.13. The Balaban J connectivity index is 2.13. The van der Waals surface area contributed by atoms with Crippen LogP contribution < -0.4 is 9.64 Å². The van der Waals surface area contributed by atoms with Crippen molar-refractivity contribution in [3.63, 3.8) is 0 Å². The van der Waals surface area contributed by atoms with Crippen molar-refractivity contribution in [2.75, 3.05) is 25.6 Å². The van der Waals surface area contributed by atoms with E-state index in [9.17, 15) is 5.26 Å². The van der Waals surface area contributed by atoms with Crippen LogP contribution >= 0.6 is 0 Å². The van der Waals surface area contributed by atoms with E-state index >= 15 is 0 Å². The normalized spacial score (nSPS) is 11.4. The smallest absolute Gasteiger partial charge is 0.120 e. The molecule has 0 aromatic heterocycles. The Kier molecular flexibility index (Phi) is 4.62. The fraction of sp³-hybridized carbons (Fsp3) is 0.235. The predicted octanol–water partition coefficient (Wildman–Crippen LogP) is 3.44. The number of benzene rings is 2. The first-order valence-corrected chi connectivity index (χ1v) is 6.54. The lowest BCUT2D eigenvalue weighted by molar-refractivity contribution is 0.415. The molecular weight excluding hydrogens is 248 g/mol. The molecule has 0 saturated heterocycles. The summed E-state index contributed by atoms with van der Waals surface area (Å²) in [7, 11) is 3.64. The van der Waals surface area contributed by atoms with E-state index in [1.54, 1.807) is 7.11 Å². The maximum Gasteiger partial charge on any atom is 0.120 e. The van der Waals surface area contributed by atoms with Crippen LogP contribution in [-0.4, -0.2) is 20.7 Å². The predicted molar refractivity (Wildman–Crippen MR) is 81.1 cm³/mol. The van der Waals surface area contributed by atoms with Gasteiger partial charge in [0.2, 0.25) is 0 Å². The van der Waals surface area contributed by atoms with Crippen molar-refractivity contribution in [1.82, 2.24) is 0 Å². The highest BCUT2D eigenvalue weighted by Crippen LogP contribution is 2.23. The molecule has 0 aliphatic carbocycles. The molecule has 0 fully saturated rings. The third kappa shape index (κ3) is 3.30. The average molecular weight is 266 g/mol. The number of rotatable bonds is 5. The number of likely N-dealkylation sites (N-methyl/N-ethyl adjacent to an activating group) is 1. The van der Waals surface area contributed by atoms with Crippen molar-refractivity contribution < 1.29 is 4.74 Å². The summed E-state index contributed by atoms with van der Waals surface area (Å²) in [6.45, 7) is 0.647. The van der Waals surface area contributed by atoms with Gasteiger partial charge < -0.3 is 9.64 Å². The molecular formula is C17H18N2O. The molecule has 3 heteroatoms. The summed E-state index contributed by atoms with van der Waals surface area (Å²) in [6.07, 6.45) is 0. The van der Waals surface area contributed by atoms with Gasteiger partial charge in [0, 0.05) is 25.3 Å². The summed E-state index contributed by atoms with van der Waals surface area (Å²) in [6, 6.07) is 20.1. The maximum atomic E-state index is 9.37. The first-order valence-electron chi connectivity index (χ1n) is 6.54. The van der Waals surface area contributed by atoms with Gasteiger partial charge in [-0.1, -0.05) is 36.4 Å². The van der Waals surface area contributed by atoms with Crippen molar-refractivity contribution in [2.45, 2.75) is 5.92 Å². The molecule has 1 atom stereocenters. The van der Waals surface area contributed by atoms with Crippen LogP contribution in [0.1, 0.15) is 11.5 Å². The van der Waals surface area contributed by atoms with E-state index in [2.05, 4.69) is 11.0 Å². The molecule has 0 radical (unpaired) electrons. The number of nitriles is 1. The van der Waals surface area contributed by atoms with Crippen molar-refractivity contribution >= 4 is 5.69 Å². The van der Waals surface area contributed by atoms with E-state index < -0.39 is 0 Å². The minimum atomic E-state index is -0.146. The lowest BCUT2D eigenvalue weighted by atomic mass is 10.00. The zero-order valence-corrected chi connectivity index (χ0v) is 11.8. The molecule has 0 aliphatic heterocycles. The van der Waals surface area contributed by atoms with E-state index in [0.29, 0.717) is 6.54 Å². The fourth-order valence-electron chi connectivity index (χ4n) is 2.13. The standard InChI is InChI=1S/C17H18N2O/c1-19(16-9-6-10-17(11-16)20-2)13-15(12-18)14-7-4-3-5-8-14/h3-11,15H,13H2,1-2H3. The lowest BCUT2D eigenvalue weighted by Crippen LogP contribution is -2.23. The number of ether oxygens (including phenoxy) is 1. The topological polar surface area (TPSA) is 36.3 Å². The second kappa shape index (κ2) is 6.63. The first kappa shape index (κ1) is 14.0. The first-order chi connectivity index (χ1) is 9.74. The third-order valence-corrected chi connectivity index (χ3v) is 3.31. The number of hydrogen-bond acceptors (Lipinski definition) is 3. The zero-order chi connectivity index (χ0) is 14.4. The highest BCUT2D eigenvalue weighted by molar-refractivity contribution is 5.50. The highest BCUT2D eigenvalue weighted by atomic mass is 16.5. The van der Waals surface area contributed by atoms with Crippen molar-refractivity contribution in [1.29, 1.82) is 5.26 Å². The number of methoxy groups -OCH3 is 1. The van der Waals surface area contributed by atoms with Gasteiger partial charge in [0.1, 0.15) is 5.75 Å². The van der Waals surface area contributed by atoms with Gasteiger partial charge in [0.15, 0.2) is 0 Å². The summed E-state index contributed by atoms with van der Waals surface area (Å²) >= 11 is 0. The summed E-state index contributed by atoms with van der Waals surface area (Å²) < 4.78 is 5.23. The largest absolute Gasteiger partial charge is 0.497 e. The average Bonchev–Trinajstić information content (AvgIpc) is 2.53. The van der Waals surface area contributed by atoms with E-state index in [0.717, 1.165) is 17.0 Å². The van der Waals surface area contributed by atoms with Gasteiger partial charge >= 0.3 is 0 Å². The van der Waals surface area contributed by atoms with Gasteiger partial charge in [-0.2, -0.15) is 5.26 Å². The zero-order valence-electron chi connectivity index (χ0n) is 11.8. The summed E-state index contributed by atoms with van der Waals surface area (Å²) in [5.74, 6) is 0.676. The third-order valence-electron chi connectivity index (χ3n) is 3.31. The molecule has 0 spiro atoms. The summed E-state index contributed by atoms with van der Waals surface area (Å²) in [5, 5.41) is 9.37. The molecule has 0 aliphatic rings. The molecule has 20 heavy (non-hydrogen) atoms. The Hall–Kier alpha value is -2.47. The van der Waals surface area contributed by atoms with Gasteiger partial charge in [-0.05, 0) is 17.7 Å². The van der Waals surface area contributed by atoms with E-state index in [-0.39, 0.29) is 5.92 Å². The Morgan fingerprint density at radius 3 is 2.55 bits per heavy atom. The quantitative estimate of drug-likeness (QED) is 0.831. The lowest BCUT2D eigenvalue weighted by Gasteiger charge is -2.22. The van der Waals surface area contributed by atoms with Gasteiger partial charge in [-0.3, -0.25) is 0 Å². The second-order valence-corrected chi connectivity index (χ2v) is 4.67. The Morgan fingerprint density at radius 1 is 1.15 bits per heavy atom. The summed E-state index contributed by atoms with van der Waals surface area (Å²) in [5.41, 5.74) is 2.09. The van der Waals surface area contributed by atoms with Crippen LogP contribution in [0, 0.1) is 11.3 Å². The molecule has 0 N–H and O–H groups in total. The molecule has 1 unspecified atom stereocenters. The molecule has 0 saturated carbocycles. The molecule has 0 amide bonds. The minimum Gasteiger partial charge on any atom is -0.497 e. The number of nitrogens with zero attached hydrogens (tertiary/aromatic N) is 2. The van der Waals surface area contributed by atoms with E-state index in [1.807, 2.05) is 61.6 Å². The number of hydrogen-bond donors (Lipinski definition) is 0. The molecule has 102 valence electrons. The van der Waals surface area contributed by atoms with Gasteiger partial charge in [-0.15, -0.1) is 0 Å². The molecule has 0 bridgehead atoms.